The summed E-state index contributed by atoms with van der Waals surface area (Å²) in [7, 11) is -4.60. The maximum absolute atomic E-state index is 12.9. The van der Waals surface area contributed by atoms with Crippen LogP contribution in [0.25, 0.3) is 11.1 Å². The SMILES string of the molecule is O=C(O)c1ccc(-c2ccc(F)cc2)c(S(=O)(=O)O)c1. The maximum atomic E-state index is 12.9. The van der Waals surface area contributed by atoms with Gasteiger partial charge in [0.15, 0.2) is 0 Å². The zero-order valence-electron chi connectivity index (χ0n) is 9.95. The summed E-state index contributed by atoms with van der Waals surface area (Å²) in [5.41, 5.74) is 0.164. The summed E-state index contributed by atoms with van der Waals surface area (Å²) < 4.78 is 44.8. The van der Waals surface area contributed by atoms with Crippen molar-refractivity contribution in [3.05, 3.63) is 53.8 Å². The van der Waals surface area contributed by atoms with E-state index in [0.29, 0.717) is 5.56 Å². The van der Waals surface area contributed by atoms with E-state index in [0.717, 1.165) is 18.2 Å². The van der Waals surface area contributed by atoms with Gasteiger partial charge in [0.1, 0.15) is 10.7 Å². The van der Waals surface area contributed by atoms with Crippen LogP contribution in [0, 0.1) is 5.82 Å². The number of benzene rings is 2. The van der Waals surface area contributed by atoms with E-state index < -0.39 is 26.8 Å². The number of carbonyl (C=O) groups is 1. The molecular weight excluding hydrogens is 287 g/mol. The van der Waals surface area contributed by atoms with E-state index in [1.165, 1.54) is 24.3 Å². The zero-order chi connectivity index (χ0) is 14.9. The molecule has 0 aliphatic rings. The van der Waals surface area contributed by atoms with Gasteiger partial charge >= 0.3 is 5.97 Å². The minimum atomic E-state index is -4.60. The largest absolute Gasteiger partial charge is 0.478 e. The molecule has 20 heavy (non-hydrogen) atoms. The van der Waals surface area contributed by atoms with Crippen molar-refractivity contribution in [2.24, 2.45) is 0 Å². The Kier molecular flexibility index (Phi) is 3.56. The smallest absolute Gasteiger partial charge is 0.335 e. The van der Waals surface area contributed by atoms with E-state index >= 15 is 0 Å². The summed E-state index contributed by atoms with van der Waals surface area (Å²) >= 11 is 0. The van der Waals surface area contributed by atoms with E-state index in [1.807, 2.05) is 0 Å². The van der Waals surface area contributed by atoms with Gasteiger partial charge in [-0.05, 0) is 29.8 Å². The first-order valence-corrected chi connectivity index (χ1v) is 6.84. The normalized spacial score (nSPS) is 11.3. The van der Waals surface area contributed by atoms with Crippen LogP contribution in [0.2, 0.25) is 0 Å². The minimum Gasteiger partial charge on any atom is -0.478 e. The molecule has 0 saturated carbocycles. The molecule has 5 nitrogen and oxygen atoms in total. The monoisotopic (exact) mass is 296 g/mol. The third-order valence-electron chi connectivity index (χ3n) is 2.66. The van der Waals surface area contributed by atoms with Gasteiger partial charge in [0.2, 0.25) is 0 Å². The lowest BCUT2D eigenvalue weighted by molar-refractivity contribution is 0.0696. The fraction of sp³-hybridized carbons (Fsp3) is 0. The highest BCUT2D eigenvalue weighted by atomic mass is 32.2. The van der Waals surface area contributed by atoms with Crippen LogP contribution in [0.3, 0.4) is 0 Å². The molecule has 0 aliphatic carbocycles. The molecule has 0 aliphatic heterocycles. The Morgan fingerprint density at radius 3 is 2.15 bits per heavy atom. The van der Waals surface area contributed by atoms with Gasteiger partial charge in [-0.15, -0.1) is 0 Å². The lowest BCUT2D eigenvalue weighted by Crippen LogP contribution is -2.04. The molecule has 2 N–H and O–H groups in total. The summed E-state index contributed by atoms with van der Waals surface area (Å²) in [5.74, 6) is -1.81. The van der Waals surface area contributed by atoms with Crippen LogP contribution in [0.15, 0.2) is 47.4 Å². The molecule has 0 bridgehead atoms. The van der Waals surface area contributed by atoms with Crippen molar-refractivity contribution in [2.45, 2.75) is 4.90 Å². The number of carboxylic acid groups (broad SMARTS) is 1. The fourth-order valence-corrected chi connectivity index (χ4v) is 2.48. The standard InChI is InChI=1S/C13H9FO5S/c14-10-4-1-8(2-5-10)11-6-3-9(13(15)16)7-12(11)20(17,18)19/h1-7H,(H,15,16)(H,17,18,19). The molecule has 0 amide bonds. The topological polar surface area (TPSA) is 91.7 Å². The van der Waals surface area contributed by atoms with Crippen LogP contribution < -0.4 is 0 Å². The van der Waals surface area contributed by atoms with Crippen molar-refractivity contribution >= 4 is 16.1 Å². The fourth-order valence-electron chi connectivity index (χ4n) is 1.74. The average Bonchev–Trinajstić information content (AvgIpc) is 2.38. The molecule has 0 radical (unpaired) electrons. The van der Waals surface area contributed by atoms with Gasteiger partial charge in [0.05, 0.1) is 5.56 Å². The molecule has 104 valence electrons. The summed E-state index contributed by atoms with van der Waals surface area (Å²) in [5, 5.41) is 8.85. The molecule has 0 heterocycles. The van der Waals surface area contributed by atoms with Crippen molar-refractivity contribution in [1.82, 2.24) is 0 Å². The van der Waals surface area contributed by atoms with Gasteiger partial charge in [-0.2, -0.15) is 8.42 Å². The Balaban J connectivity index is 2.70. The lowest BCUT2D eigenvalue weighted by atomic mass is 10.0. The maximum Gasteiger partial charge on any atom is 0.335 e. The average molecular weight is 296 g/mol. The molecule has 2 aromatic rings. The minimum absolute atomic E-state index is 0.0949. The number of rotatable bonds is 3. The second-order valence-corrected chi connectivity index (χ2v) is 5.39. The van der Waals surface area contributed by atoms with E-state index in [4.69, 9.17) is 5.11 Å². The van der Waals surface area contributed by atoms with E-state index in [9.17, 15) is 22.2 Å². The molecule has 0 aromatic heterocycles. The Bertz CT molecular complexity index is 766. The van der Waals surface area contributed by atoms with E-state index in [1.54, 1.807) is 0 Å². The van der Waals surface area contributed by atoms with Crippen LogP contribution in [-0.2, 0) is 10.1 Å². The highest BCUT2D eigenvalue weighted by Gasteiger charge is 2.19. The van der Waals surface area contributed by atoms with Crippen LogP contribution in [0.4, 0.5) is 4.39 Å². The number of halogens is 1. The van der Waals surface area contributed by atoms with Crippen LogP contribution in [-0.4, -0.2) is 24.0 Å². The number of carboxylic acids is 1. The highest BCUT2D eigenvalue weighted by Crippen LogP contribution is 2.28. The summed E-state index contributed by atoms with van der Waals surface area (Å²) in [6.45, 7) is 0. The molecule has 0 unspecified atom stereocenters. The molecule has 7 heteroatoms. The first kappa shape index (κ1) is 14.2. The van der Waals surface area contributed by atoms with Crippen molar-refractivity contribution < 1.29 is 27.3 Å². The number of hydrogen-bond donors (Lipinski definition) is 2. The molecule has 2 aromatic carbocycles. The number of hydrogen-bond acceptors (Lipinski definition) is 3. The molecule has 0 spiro atoms. The molecule has 0 saturated heterocycles. The van der Waals surface area contributed by atoms with Crippen molar-refractivity contribution in [3.8, 4) is 11.1 Å². The van der Waals surface area contributed by atoms with Crippen LogP contribution in [0.1, 0.15) is 10.4 Å². The van der Waals surface area contributed by atoms with Crippen LogP contribution >= 0.6 is 0 Å². The molecular formula is C13H9FO5S. The van der Waals surface area contributed by atoms with E-state index in [2.05, 4.69) is 0 Å². The lowest BCUT2D eigenvalue weighted by Gasteiger charge is -2.08. The molecule has 2 rings (SSSR count). The second kappa shape index (κ2) is 5.03. The van der Waals surface area contributed by atoms with Crippen molar-refractivity contribution in [3.63, 3.8) is 0 Å². The Labute approximate surface area is 114 Å². The Morgan fingerprint density at radius 2 is 1.65 bits per heavy atom. The quantitative estimate of drug-likeness (QED) is 0.849. The number of aromatic carboxylic acids is 1. The van der Waals surface area contributed by atoms with Gasteiger partial charge in [-0.25, -0.2) is 9.18 Å². The highest BCUT2D eigenvalue weighted by molar-refractivity contribution is 7.86. The van der Waals surface area contributed by atoms with E-state index in [-0.39, 0.29) is 11.1 Å². The predicted molar refractivity (Wildman–Crippen MR) is 68.6 cm³/mol. The summed E-state index contributed by atoms with van der Waals surface area (Å²) in [6, 6.07) is 8.24. The van der Waals surface area contributed by atoms with Crippen LogP contribution in [0.5, 0.6) is 0 Å². The second-order valence-electron chi connectivity index (χ2n) is 4.00. The van der Waals surface area contributed by atoms with Gasteiger partial charge in [-0.1, -0.05) is 18.2 Å². The first-order valence-electron chi connectivity index (χ1n) is 5.40. The van der Waals surface area contributed by atoms with Crippen molar-refractivity contribution in [1.29, 1.82) is 0 Å². The van der Waals surface area contributed by atoms with Gasteiger partial charge in [0, 0.05) is 5.56 Å². The van der Waals surface area contributed by atoms with Gasteiger partial charge in [0.25, 0.3) is 10.1 Å². The molecule has 0 fully saturated rings. The summed E-state index contributed by atoms with van der Waals surface area (Å²) in [6.07, 6.45) is 0. The van der Waals surface area contributed by atoms with Gasteiger partial charge in [-0.3, -0.25) is 4.55 Å². The van der Waals surface area contributed by atoms with Crippen molar-refractivity contribution in [2.75, 3.05) is 0 Å². The predicted octanol–water partition coefficient (Wildman–Crippen LogP) is 2.44. The Hall–Kier alpha value is -2.25. The first-order chi connectivity index (χ1) is 9.29. The third-order valence-corrected chi connectivity index (χ3v) is 3.56. The Morgan fingerprint density at radius 1 is 1.05 bits per heavy atom. The molecule has 0 atom stereocenters. The third kappa shape index (κ3) is 2.84. The summed E-state index contributed by atoms with van der Waals surface area (Å²) in [4.78, 5) is 10.3. The zero-order valence-corrected chi connectivity index (χ0v) is 10.8. The van der Waals surface area contributed by atoms with Gasteiger partial charge < -0.3 is 5.11 Å².